The van der Waals surface area contributed by atoms with Crippen LogP contribution in [0.1, 0.15) is 18.9 Å². The summed E-state index contributed by atoms with van der Waals surface area (Å²) in [7, 11) is 0. The molecule has 0 saturated carbocycles. The zero-order chi connectivity index (χ0) is 7.56. The van der Waals surface area contributed by atoms with Crippen molar-refractivity contribution in [2.75, 3.05) is 0 Å². The number of hydrogen-bond acceptors (Lipinski definition) is 3. The molecular formula is C6H7FN2O. The molecular weight excluding hydrogens is 135 g/mol. The van der Waals surface area contributed by atoms with Crippen molar-refractivity contribution in [1.82, 2.24) is 9.97 Å². The largest absolute Gasteiger partial charge is 0.385 e. The summed E-state index contributed by atoms with van der Waals surface area (Å²) in [5.74, 6) is -0.259. The van der Waals surface area contributed by atoms with Crippen LogP contribution in [0, 0.1) is 5.82 Å². The molecule has 0 radical (unpaired) electrons. The Labute approximate surface area is 57.6 Å². The monoisotopic (exact) mass is 142 g/mol. The summed E-state index contributed by atoms with van der Waals surface area (Å²) in [6, 6.07) is 0. The summed E-state index contributed by atoms with van der Waals surface area (Å²) in [6.45, 7) is 1.52. The first-order valence-electron chi connectivity index (χ1n) is 2.85. The zero-order valence-electron chi connectivity index (χ0n) is 5.45. The summed E-state index contributed by atoms with van der Waals surface area (Å²) >= 11 is 0. The first-order valence-corrected chi connectivity index (χ1v) is 2.85. The van der Waals surface area contributed by atoms with Gasteiger partial charge in [-0.2, -0.15) is 0 Å². The predicted octanol–water partition coefficient (Wildman–Crippen LogP) is 0.669. The van der Waals surface area contributed by atoms with E-state index in [1.165, 1.54) is 6.92 Å². The Hall–Kier alpha value is -1.03. The van der Waals surface area contributed by atoms with Gasteiger partial charge in [0.25, 0.3) is 0 Å². The van der Waals surface area contributed by atoms with E-state index >= 15 is 0 Å². The fraction of sp³-hybridized carbons (Fsp3) is 0.333. The van der Waals surface area contributed by atoms with Crippen LogP contribution >= 0.6 is 0 Å². The average molecular weight is 142 g/mol. The molecule has 0 aromatic carbocycles. The first-order chi connectivity index (χ1) is 4.70. The Morgan fingerprint density at radius 2 is 2.00 bits per heavy atom. The van der Waals surface area contributed by atoms with E-state index in [4.69, 9.17) is 5.11 Å². The molecule has 0 amide bonds. The van der Waals surface area contributed by atoms with E-state index in [1.807, 2.05) is 0 Å². The number of halogens is 1. The maximum Gasteiger partial charge on any atom is 0.159 e. The molecule has 0 aliphatic heterocycles. The fourth-order valence-electron chi connectivity index (χ4n) is 0.538. The molecule has 4 heteroatoms. The van der Waals surface area contributed by atoms with Crippen LogP contribution in [-0.4, -0.2) is 15.1 Å². The van der Waals surface area contributed by atoms with E-state index in [0.717, 1.165) is 12.4 Å². The third-order valence-electron chi connectivity index (χ3n) is 1.01. The van der Waals surface area contributed by atoms with E-state index in [0.29, 0.717) is 0 Å². The van der Waals surface area contributed by atoms with Gasteiger partial charge in [-0.25, -0.2) is 14.4 Å². The highest BCUT2D eigenvalue weighted by Gasteiger charge is 2.02. The van der Waals surface area contributed by atoms with Crippen molar-refractivity contribution < 1.29 is 9.50 Å². The zero-order valence-corrected chi connectivity index (χ0v) is 5.45. The number of nitrogens with zero attached hydrogens (tertiary/aromatic N) is 2. The molecule has 1 aromatic heterocycles. The van der Waals surface area contributed by atoms with Crippen molar-refractivity contribution in [1.29, 1.82) is 0 Å². The number of aliphatic hydroxyl groups excluding tert-OH is 1. The maximum atomic E-state index is 12.1. The summed E-state index contributed by atoms with van der Waals surface area (Å²) in [6.07, 6.45) is 1.31. The van der Waals surface area contributed by atoms with E-state index in [2.05, 4.69) is 9.97 Å². The van der Waals surface area contributed by atoms with Crippen molar-refractivity contribution in [3.8, 4) is 0 Å². The van der Waals surface area contributed by atoms with Crippen LogP contribution in [0.2, 0.25) is 0 Å². The van der Waals surface area contributed by atoms with Gasteiger partial charge in [-0.05, 0) is 6.92 Å². The predicted molar refractivity (Wildman–Crippen MR) is 32.6 cm³/mol. The Balaban J connectivity index is 2.89. The molecule has 0 aliphatic rings. The number of aromatic nitrogens is 2. The van der Waals surface area contributed by atoms with Crippen LogP contribution in [0.4, 0.5) is 4.39 Å². The molecule has 0 unspecified atom stereocenters. The molecule has 1 heterocycles. The minimum atomic E-state index is -0.736. The van der Waals surface area contributed by atoms with Crippen LogP contribution in [-0.2, 0) is 0 Å². The molecule has 54 valence electrons. The van der Waals surface area contributed by atoms with Gasteiger partial charge in [0, 0.05) is 0 Å². The normalized spacial score (nSPS) is 13.1. The molecule has 1 N–H and O–H groups in total. The Kier molecular flexibility index (Phi) is 1.91. The van der Waals surface area contributed by atoms with Crippen molar-refractivity contribution in [3.05, 3.63) is 24.0 Å². The van der Waals surface area contributed by atoms with E-state index in [1.54, 1.807) is 0 Å². The Bertz CT molecular complexity index is 209. The van der Waals surface area contributed by atoms with Crippen molar-refractivity contribution >= 4 is 0 Å². The van der Waals surface area contributed by atoms with Gasteiger partial charge >= 0.3 is 0 Å². The third kappa shape index (κ3) is 1.48. The highest BCUT2D eigenvalue weighted by atomic mass is 19.1. The highest BCUT2D eigenvalue weighted by molar-refractivity contribution is 4.92. The lowest BCUT2D eigenvalue weighted by atomic mass is 10.4. The molecule has 3 nitrogen and oxygen atoms in total. The minimum absolute atomic E-state index is 0.237. The molecule has 1 rings (SSSR count). The van der Waals surface area contributed by atoms with Gasteiger partial charge in [0.05, 0.1) is 12.4 Å². The molecule has 0 spiro atoms. The van der Waals surface area contributed by atoms with E-state index in [-0.39, 0.29) is 5.82 Å². The lowest BCUT2D eigenvalue weighted by Gasteiger charge is -1.99. The topological polar surface area (TPSA) is 46.0 Å². The van der Waals surface area contributed by atoms with Gasteiger partial charge in [-0.15, -0.1) is 0 Å². The van der Waals surface area contributed by atoms with Crippen molar-refractivity contribution in [2.45, 2.75) is 13.0 Å². The first kappa shape index (κ1) is 7.08. The summed E-state index contributed by atoms with van der Waals surface area (Å²) in [4.78, 5) is 7.08. The van der Waals surface area contributed by atoms with Crippen molar-refractivity contribution in [2.24, 2.45) is 0 Å². The standard InChI is InChI=1S/C6H7FN2O/c1-4(10)6-8-2-5(7)3-9-6/h2-4,10H,1H3/t4-/m0/s1. The van der Waals surface area contributed by atoms with Crippen LogP contribution < -0.4 is 0 Å². The Morgan fingerprint density at radius 3 is 2.40 bits per heavy atom. The second-order valence-electron chi connectivity index (χ2n) is 1.94. The summed E-state index contributed by atoms with van der Waals surface area (Å²) < 4.78 is 12.1. The van der Waals surface area contributed by atoms with E-state index in [9.17, 15) is 4.39 Å². The van der Waals surface area contributed by atoms with Crippen LogP contribution in [0.3, 0.4) is 0 Å². The van der Waals surface area contributed by atoms with Gasteiger partial charge in [0.2, 0.25) is 0 Å². The van der Waals surface area contributed by atoms with Gasteiger partial charge in [0.1, 0.15) is 6.10 Å². The molecule has 0 fully saturated rings. The molecule has 0 bridgehead atoms. The molecule has 1 atom stereocenters. The number of hydrogen-bond donors (Lipinski definition) is 1. The molecule has 10 heavy (non-hydrogen) atoms. The lowest BCUT2D eigenvalue weighted by Crippen LogP contribution is -1.98. The summed E-state index contributed by atoms with van der Waals surface area (Å²) in [5.41, 5.74) is 0. The lowest BCUT2D eigenvalue weighted by molar-refractivity contribution is 0.188. The summed E-state index contributed by atoms with van der Waals surface area (Å²) in [5, 5.41) is 8.87. The molecule has 0 aliphatic carbocycles. The van der Waals surface area contributed by atoms with Crippen LogP contribution in [0.15, 0.2) is 12.4 Å². The second kappa shape index (κ2) is 2.70. The SMILES string of the molecule is C[C@H](O)c1ncc(F)cn1. The third-order valence-corrected chi connectivity index (χ3v) is 1.01. The average Bonchev–Trinajstić information content (AvgIpc) is 1.88. The van der Waals surface area contributed by atoms with Crippen LogP contribution in [0.25, 0.3) is 0 Å². The maximum absolute atomic E-state index is 12.1. The fourth-order valence-corrected chi connectivity index (χ4v) is 0.538. The van der Waals surface area contributed by atoms with Gasteiger partial charge < -0.3 is 5.11 Å². The Morgan fingerprint density at radius 1 is 1.50 bits per heavy atom. The number of aliphatic hydroxyl groups is 1. The highest BCUT2D eigenvalue weighted by Crippen LogP contribution is 2.03. The van der Waals surface area contributed by atoms with Gasteiger partial charge in [-0.1, -0.05) is 0 Å². The minimum Gasteiger partial charge on any atom is -0.385 e. The van der Waals surface area contributed by atoms with E-state index < -0.39 is 11.9 Å². The smallest absolute Gasteiger partial charge is 0.159 e. The van der Waals surface area contributed by atoms with Crippen molar-refractivity contribution in [3.63, 3.8) is 0 Å². The van der Waals surface area contributed by atoms with Crippen LogP contribution in [0.5, 0.6) is 0 Å². The van der Waals surface area contributed by atoms with Gasteiger partial charge in [0.15, 0.2) is 11.6 Å². The molecule has 1 aromatic rings. The number of rotatable bonds is 1. The molecule has 0 saturated heterocycles. The van der Waals surface area contributed by atoms with Gasteiger partial charge in [-0.3, -0.25) is 0 Å². The second-order valence-corrected chi connectivity index (χ2v) is 1.94. The quantitative estimate of drug-likeness (QED) is 0.626.